The molecule has 18 heavy (non-hydrogen) atoms. The van der Waals surface area contributed by atoms with Gasteiger partial charge in [0, 0.05) is 16.7 Å². The highest BCUT2D eigenvalue weighted by Gasteiger charge is 2.35. The van der Waals surface area contributed by atoms with E-state index in [0.29, 0.717) is 12.1 Å². The highest BCUT2D eigenvalue weighted by atomic mass is 32.2. The third-order valence-electron chi connectivity index (χ3n) is 4.03. The third-order valence-corrected chi connectivity index (χ3v) is 5.17. The number of para-hydroxylation sites is 1. The molecule has 98 valence electrons. The lowest BCUT2D eigenvalue weighted by atomic mass is 9.78. The van der Waals surface area contributed by atoms with E-state index in [1.165, 1.54) is 24.2 Å². The summed E-state index contributed by atoms with van der Waals surface area (Å²) >= 11 is 1.94. The predicted octanol–water partition coefficient (Wildman–Crippen LogP) is 3.32. The van der Waals surface area contributed by atoms with Crippen molar-refractivity contribution in [3.63, 3.8) is 0 Å². The second-order valence-corrected chi connectivity index (χ2v) is 6.25. The molecule has 1 aromatic carbocycles. The van der Waals surface area contributed by atoms with Crippen molar-refractivity contribution in [1.29, 1.82) is 0 Å². The van der Waals surface area contributed by atoms with Crippen LogP contribution in [0.2, 0.25) is 0 Å². The molecule has 1 aliphatic carbocycles. The fourth-order valence-electron chi connectivity index (χ4n) is 2.85. The maximum atomic E-state index is 6.22. The number of thioether (sulfide) groups is 1. The lowest BCUT2D eigenvalue weighted by molar-refractivity contribution is 0.0995. The lowest BCUT2D eigenvalue weighted by Crippen LogP contribution is -2.51. The van der Waals surface area contributed by atoms with E-state index < -0.39 is 0 Å². The van der Waals surface area contributed by atoms with Crippen LogP contribution in [0.4, 0.5) is 0 Å². The number of hydrogen-bond acceptors (Lipinski definition) is 3. The summed E-state index contributed by atoms with van der Waals surface area (Å²) in [5.74, 6) is 2.97. The molecule has 0 aromatic heterocycles. The van der Waals surface area contributed by atoms with Gasteiger partial charge in [-0.25, -0.2) is 0 Å². The van der Waals surface area contributed by atoms with Gasteiger partial charge >= 0.3 is 0 Å². The van der Waals surface area contributed by atoms with Crippen molar-refractivity contribution in [2.45, 2.75) is 43.2 Å². The van der Waals surface area contributed by atoms with Gasteiger partial charge in [-0.3, -0.25) is 0 Å². The summed E-state index contributed by atoms with van der Waals surface area (Å²) in [4.78, 5) is 1.29. The first-order valence-corrected chi connectivity index (χ1v) is 7.99. The van der Waals surface area contributed by atoms with Crippen LogP contribution in [0.1, 0.15) is 26.2 Å². The summed E-state index contributed by atoms with van der Waals surface area (Å²) in [6.07, 6.45) is 4.45. The van der Waals surface area contributed by atoms with Crippen LogP contribution >= 0.6 is 11.8 Å². The monoisotopic (exact) mass is 263 g/mol. The zero-order valence-corrected chi connectivity index (χ0v) is 11.7. The molecule has 0 amide bonds. The van der Waals surface area contributed by atoms with Gasteiger partial charge < -0.3 is 10.1 Å². The van der Waals surface area contributed by atoms with Gasteiger partial charge in [0.25, 0.3) is 0 Å². The first-order chi connectivity index (χ1) is 8.88. The summed E-state index contributed by atoms with van der Waals surface area (Å²) in [5.41, 5.74) is 0. The quantitative estimate of drug-likeness (QED) is 0.900. The number of nitrogens with one attached hydrogen (secondary N) is 1. The van der Waals surface area contributed by atoms with Crippen molar-refractivity contribution in [3.05, 3.63) is 24.3 Å². The van der Waals surface area contributed by atoms with Crippen molar-refractivity contribution >= 4 is 11.8 Å². The Bertz CT molecular complexity index is 405. The fraction of sp³-hybridized carbons (Fsp3) is 0.600. The van der Waals surface area contributed by atoms with Crippen LogP contribution in [0.5, 0.6) is 5.75 Å². The fourth-order valence-corrected chi connectivity index (χ4v) is 3.90. The predicted molar refractivity (Wildman–Crippen MR) is 76.4 cm³/mol. The van der Waals surface area contributed by atoms with Crippen molar-refractivity contribution in [1.82, 2.24) is 5.32 Å². The summed E-state index contributed by atoms with van der Waals surface area (Å²) in [7, 11) is 0. The zero-order valence-electron chi connectivity index (χ0n) is 10.9. The zero-order chi connectivity index (χ0) is 12.4. The molecule has 2 aliphatic rings. The Morgan fingerprint density at radius 2 is 2.22 bits per heavy atom. The summed E-state index contributed by atoms with van der Waals surface area (Å²) in [6.45, 7) is 3.23. The largest absolute Gasteiger partial charge is 0.487 e. The average Bonchev–Trinajstić information content (AvgIpc) is 2.35. The SMILES string of the molecule is CCNC(C1CCC1)C1CSc2ccccc2O1. The van der Waals surface area contributed by atoms with Gasteiger partial charge in [0.05, 0.1) is 0 Å². The second kappa shape index (κ2) is 5.54. The maximum absolute atomic E-state index is 6.22. The Labute approximate surface area is 113 Å². The minimum Gasteiger partial charge on any atom is -0.487 e. The van der Waals surface area contributed by atoms with Gasteiger partial charge in [0.1, 0.15) is 11.9 Å². The summed E-state index contributed by atoms with van der Waals surface area (Å²) in [6, 6.07) is 8.93. The second-order valence-electron chi connectivity index (χ2n) is 5.19. The molecule has 1 fully saturated rings. The van der Waals surface area contributed by atoms with E-state index in [2.05, 4.69) is 36.5 Å². The average molecular weight is 263 g/mol. The number of benzene rings is 1. The molecule has 0 spiro atoms. The van der Waals surface area contributed by atoms with Crippen LogP contribution in [0.15, 0.2) is 29.2 Å². The molecule has 0 saturated heterocycles. The molecule has 0 bridgehead atoms. The molecule has 1 aliphatic heterocycles. The van der Waals surface area contributed by atoms with E-state index in [9.17, 15) is 0 Å². The first kappa shape index (κ1) is 12.4. The van der Waals surface area contributed by atoms with Crippen molar-refractivity contribution in [2.75, 3.05) is 12.3 Å². The van der Waals surface area contributed by atoms with E-state index in [1.807, 2.05) is 11.8 Å². The molecule has 3 heteroatoms. The van der Waals surface area contributed by atoms with Crippen molar-refractivity contribution < 1.29 is 4.74 Å². The molecular formula is C15H21NOS. The molecular weight excluding hydrogens is 242 g/mol. The van der Waals surface area contributed by atoms with Gasteiger partial charge in [0.15, 0.2) is 0 Å². The van der Waals surface area contributed by atoms with Crippen LogP contribution < -0.4 is 10.1 Å². The number of rotatable bonds is 4. The Morgan fingerprint density at radius 3 is 2.94 bits per heavy atom. The molecule has 3 rings (SSSR count). The number of likely N-dealkylation sites (N-methyl/N-ethyl adjacent to an activating group) is 1. The normalized spacial score (nSPS) is 24.8. The minimum absolute atomic E-state index is 0.329. The van der Waals surface area contributed by atoms with E-state index in [4.69, 9.17) is 4.74 Å². The smallest absolute Gasteiger partial charge is 0.133 e. The van der Waals surface area contributed by atoms with Crippen LogP contribution in [-0.4, -0.2) is 24.4 Å². The molecule has 1 N–H and O–H groups in total. The lowest BCUT2D eigenvalue weighted by Gasteiger charge is -2.40. The Morgan fingerprint density at radius 1 is 1.39 bits per heavy atom. The summed E-state index contributed by atoms with van der Waals surface area (Å²) in [5, 5.41) is 3.65. The van der Waals surface area contributed by atoms with E-state index in [-0.39, 0.29) is 0 Å². The highest BCUT2D eigenvalue weighted by molar-refractivity contribution is 7.99. The van der Waals surface area contributed by atoms with E-state index >= 15 is 0 Å². The van der Waals surface area contributed by atoms with E-state index in [1.54, 1.807) is 0 Å². The van der Waals surface area contributed by atoms with Gasteiger partial charge in [0.2, 0.25) is 0 Å². The van der Waals surface area contributed by atoms with Crippen molar-refractivity contribution in [2.24, 2.45) is 5.92 Å². The van der Waals surface area contributed by atoms with Gasteiger partial charge in [-0.2, -0.15) is 0 Å². The molecule has 1 aromatic rings. The van der Waals surface area contributed by atoms with Crippen LogP contribution in [0.25, 0.3) is 0 Å². The Kier molecular flexibility index (Phi) is 3.80. The van der Waals surface area contributed by atoms with Crippen LogP contribution in [-0.2, 0) is 0 Å². The van der Waals surface area contributed by atoms with Crippen molar-refractivity contribution in [3.8, 4) is 5.75 Å². The van der Waals surface area contributed by atoms with Gasteiger partial charge in [-0.1, -0.05) is 25.5 Å². The molecule has 2 atom stereocenters. The Balaban J connectivity index is 1.72. The number of hydrogen-bond donors (Lipinski definition) is 1. The first-order valence-electron chi connectivity index (χ1n) is 7.00. The summed E-state index contributed by atoms with van der Waals surface area (Å²) < 4.78 is 6.22. The Hall–Kier alpha value is -0.670. The van der Waals surface area contributed by atoms with E-state index in [0.717, 1.165) is 24.0 Å². The van der Waals surface area contributed by atoms with Gasteiger partial charge in [-0.05, 0) is 37.4 Å². The minimum atomic E-state index is 0.329. The molecule has 0 radical (unpaired) electrons. The highest BCUT2D eigenvalue weighted by Crippen LogP contribution is 2.39. The topological polar surface area (TPSA) is 21.3 Å². The molecule has 2 nitrogen and oxygen atoms in total. The third kappa shape index (κ3) is 2.39. The maximum Gasteiger partial charge on any atom is 0.133 e. The molecule has 1 saturated carbocycles. The molecule has 2 unspecified atom stereocenters. The van der Waals surface area contributed by atoms with Gasteiger partial charge in [-0.15, -0.1) is 11.8 Å². The number of ether oxygens (including phenoxy) is 1. The standard InChI is InChI=1S/C15H21NOS/c1-2-16-15(11-6-5-7-11)13-10-18-14-9-4-3-8-12(14)17-13/h3-4,8-9,11,13,15-16H,2,5-7,10H2,1H3. The molecule has 1 heterocycles. The van der Waals surface area contributed by atoms with Crippen LogP contribution in [0.3, 0.4) is 0 Å². The number of fused-ring (bicyclic) bond motifs is 1. The van der Waals surface area contributed by atoms with Crippen LogP contribution in [0, 0.1) is 5.92 Å².